The molecule has 2 N–H and O–H groups in total. The molecule has 0 radical (unpaired) electrons. The monoisotopic (exact) mass is 362 g/mol. The van der Waals surface area contributed by atoms with Crippen LogP contribution < -0.4 is 10.6 Å². The van der Waals surface area contributed by atoms with Crippen LogP contribution in [0.2, 0.25) is 0 Å². The van der Waals surface area contributed by atoms with Gasteiger partial charge in [-0.2, -0.15) is 10.1 Å². The summed E-state index contributed by atoms with van der Waals surface area (Å²) in [4.78, 5) is 9.18. The Hall–Kier alpha value is -3.42. The highest BCUT2D eigenvalue weighted by molar-refractivity contribution is 5.65. The van der Waals surface area contributed by atoms with E-state index in [1.54, 1.807) is 10.9 Å². The molecule has 1 aromatic carbocycles. The second kappa shape index (κ2) is 7.06. The van der Waals surface area contributed by atoms with E-state index in [1.807, 2.05) is 42.0 Å². The lowest BCUT2D eigenvalue weighted by molar-refractivity contribution is 0.749. The van der Waals surface area contributed by atoms with E-state index in [0.29, 0.717) is 29.9 Å². The Morgan fingerprint density at radius 2 is 1.93 bits per heavy atom. The molecule has 3 aromatic heterocycles. The number of benzene rings is 1. The minimum atomic E-state index is 0.293. The van der Waals surface area contributed by atoms with Gasteiger partial charge in [0.1, 0.15) is 5.82 Å². The molecule has 3 heterocycles. The fraction of sp³-hybridized carbons (Fsp3) is 0.263. The van der Waals surface area contributed by atoms with Crippen molar-refractivity contribution in [3.63, 3.8) is 0 Å². The number of nitrogens with zero attached hydrogens (tertiary/aromatic N) is 6. The van der Waals surface area contributed by atoms with Crippen LogP contribution in [-0.2, 0) is 13.6 Å². The molecule has 0 aliphatic heterocycles. The lowest BCUT2D eigenvalue weighted by Gasteiger charge is -2.12. The number of hydrogen-bond donors (Lipinski definition) is 2. The smallest absolute Gasteiger partial charge is 0.248 e. The first-order valence-electron chi connectivity index (χ1n) is 8.90. The number of rotatable bonds is 6. The summed E-state index contributed by atoms with van der Waals surface area (Å²) >= 11 is 0. The van der Waals surface area contributed by atoms with Crippen molar-refractivity contribution in [2.75, 3.05) is 10.6 Å². The molecule has 0 fully saturated rings. The zero-order valence-electron chi connectivity index (χ0n) is 15.6. The van der Waals surface area contributed by atoms with Crippen LogP contribution in [0.5, 0.6) is 0 Å². The van der Waals surface area contributed by atoms with Crippen LogP contribution in [-0.4, -0.2) is 29.4 Å². The van der Waals surface area contributed by atoms with Gasteiger partial charge in [-0.3, -0.25) is 4.68 Å². The summed E-state index contributed by atoms with van der Waals surface area (Å²) in [6.07, 6.45) is 3.59. The third-order valence-electron chi connectivity index (χ3n) is 4.34. The number of nitrogens with one attached hydrogen (secondary N) is 2. The van der Waals surface area contributed by atoms with Gasteiger partial charge in [-0.25, -0.2) is 9.50 Å². The summed E-state index contributed by atoms with van der Waals surface area (Å²) in [5, 5.41) is 15.4. The zero-order chi connectivity index (χ0) is 18.8. The fourth-order valence-electron chi connectivity index (χ4n) is 2.86. The number of hydrogen-bond acceptors (Lipinski definition) is 6. The number of aromatic nitrogens is 6. The van der Waals surface area contributed by atoms with Crippen LogP contribution in [0.4, 0.5) is 17.6 Å². The SMILES string of the molecule is CC(C)c1cnc2c(NCc3ccccc3)nc(Nc3ccnn3C)nn12. The highest BCUT2D eigenvalue weighted by Gasteiger charge is 2.15. The van der Waals surface area contributed by atoms with Crippen LogP contribution in [0.3, 0.4) is 0 Å². The van der Waals surface area contributed by atoms with Crippen molar-refractivity contribution in [2.24, 2.45) is 7.05 Å². The third-order valence-corrected chi connectivity index (χ3v) is 4.34. The van der Waals surface area contributed by atoms with E-state index in [1.165, 1.54) is 5.56 Å². The molecule has 0 aliphatic carbocycles. The van der Waals surface area contributed by atoms with Gasteiger partial charge >= 0.3 is 0 Å². The molecule has 8 nitrogen and oxygen atoms in total. The second-order valence-electron chi connectivity index (χ2n) is 6.66. The summed E-state index contributed by atoms with van der Waals surface area (Å²) in [7, 11) is 1.87. The Labute approximate surface area is 157 Å². The molecule has 0 spiro atoms. The van der Waals surface area contributed by atoms with Gasteiger partial charge in [0, 0.05) is 19.7 Å². The predicted molar refractivity (Wildman–Crippen MR) is 105 cm³/mol. The van der Waals surface area contributed by atoms with Gasteiger partial charge in [-0.1, -0.05) is 44.2 Å². The van der Waals surface area contributed by atoms with Gasteiger partial charge in [0.2, 0.25) is 5.95 Å². The van der Waals surface area contributed by atoms with Crippen molar-refractivity contribution in [3.05, 3.63) is 60.0 Å². The molecule has 27 heavy (non-hydrogen) atoms. The standard InChI is InChI=1S/C19H22N8/c1-13(2)15-12-21-18-17(20-11-14-7-5-4-6-8-14)24-19(25-27(15)18)23-16-9-10-22-26(16)3/h4-10,12-13H,11H2,1-3H3,(H2,20,23,24,25). The maximum atomic E-state index is 4.65. The first-order chi connectivity index (χ1) is 13.1. The summed E-state index contributed by atoms with van der Waals surface area (Å²) in [5.41, 5.74) is 2.92. The molecule has 0 atom stereocenters. The molecule has 0 aliphatic rings. The van der Waals surface area contributed by atoms with Gasteiger partial charge in [0.15, 0.2) is 11.5 Å². The van der Waals surface area contributed by atoms with Gasteiger partial charge in [-0.05, 0) is 11.5 Å². The molecule has 138 valence electrons. The van der Waals surface area contributed by atoms with Crippen molar-refractivity contribution in [1.82, 2.24) is 29.4 Å². The number of aryl methyl sites for hydroxylation is 1. The summed E-state index contributed by atoms with van der Waals surface area (Å²) in [6, 6.07) is 12.1. The minimum absolute atomic E-state index is 0.293. The van der Waals surface area contributed by atoms with Gasteiger partial charge < -0.3 is 10.6 Å². The van der Waals surface area contributed by atoms with Crippen molar-refractivity contribution in [3.8, 4) is 0 Å². The maximum absolute atomic E-state index is 4.65. The number of anilines is 3. The number of fused-ring (bicyclic) bond motifs is 1. The Bertz CT molecular complexity index is 1050. The molecule has 0 unspecified atom stereocenters. The molecule has 4 rings (SSSR count). The lowest BCUT2D eigenvalue weighted by atomic mass is 10.2. The maximum Gasteiger partial charge on any atom is 0.248 e. The molecule has 4 aromatic rings. The molecule has 8 heteroatoms. The molecule has 0 amide bonds. The van der Waals surface area contributed by atoms with Crippen molar-refractivity contribution in [1.29, 1.82) is 0 Å². The molecule has 0 saturated heterocycles. The predicted octanol–water partition coefficient (Wildman–Crippen LogP) is 3.34. The van der Waals surface area contributed by atoms with Crippen LogP contribution >= 0.6 is 0 Å². The van der Waals surface area contributed by atoms with Gasteiger partial charge in [0.25, 0.3) is 0 Å². The van der Waals surface area contributed by atoms with Crippen LogP contribution in [0.1, 0.15) is 31.0 Å². The minimum Gasteiger partial charge on any atom is -0.363 e. The van der Waals surface area contributed by atoms with Crippen LogP contribution in [0.15, 0.2) is 48.8 Å². The third kappa shape index (κ3) is 3.46. The average Bonchev–Trinajstić information content (AvgIpc) is 3.27. The molecule has 0 saturated carbocycles. The van der Waals surface area contributed by atoms with E-state index < -0.39 is 0 Å². The Kier molecular flexibility index (Phi) is 4.45. The van der Waals surface area contributed by atoms with Crippen LogP contribution in [0.25, 0.3) is 5.65 Å². The van der Waals surface area contributed by atoms with Crippen LogP contribution in [0, 0.1) is 0 Å². The van der Waals surface area contributed by atoms with E-state index in [2.05, 4.69) is 56.8 Å². The van der Waals surface area contributed by atoms with Gasteiger partial charge in [0.05, 0.1) is 18.1 Å². The van der Waals surface area contributed by atoms with E-state index in [9.17, 15) is 0 Å². The fourth-order valence-corrected chi connectivity index (χ4v) is 2.86. The van der Waals surface area contributed by atoms with E-state index >= 15 is 0 Å². The van der Waals surface area contributed by atoms with Crippen molar-refractivity contribution < 1.29 is 0 Å². The van der Waals surface area contributed by atoms with Crippen molar-refractivity contribution in [2.45, 2.75) is 26.3 Å². The summed E-state index contributed by atoms with van der Waals surface area (Å²) in [6.45, 7) is 4.90. The molecular weight excluding hydrogens is 340 g/mol. The average molecular weight is 362 g/mol. The van der Waals surface area contributed by atoms with Gasteiger partial charge in [-0.15, -0.1) is 5.10 Å². The number of imidazole rings is 1. The first kappa shape index (κ1) is 17.0. The van der Waals surface area contributed by atoms with Crippen molar-refractivity contribution >= 4 is 23.2 Å². The normalized spacial score (nSPS) is 11.3. The topological polar surface area (TPSA) is 85.0 Å². The first-order valence-corrected chi connectivity index (χ1v) is 8.90. The van der Waals surface area contributed by atoms with E-state index in [4.69, 9.17) is 0 Å². The summed E-state index contributed by atoms with van der Waals surface area (Å²) < 4.78 is 3.59. The van der Waals surface area contributed by atoms with E-state index in [0.717, 1.165) is 11.5 Å². The largest absolute Gasteiger partial charge is 0.363 e. The molecule has 0 bridgehead atoms. The lowest BCUT2D eigenvalue weighted by Crippen LogP contribution is -2.11. The summed E-state index contributed by atoms with van der Waals surface area (Å²) in [5.74, 6) is 2.28. The van der Waals surface area contributed by atoms with E-state index in [-0.39, 0.29) is 0 Å². The highest BCUT2D eigenvalue weighted by Crippen LogP contribution is 2.22. The second-order valence-corrected chi connectivity index (χ2v) is 6.66. The highest BCUT2D eigenvalue weighted by atomic mass is 15.4. The molecular formula is C19H22N8. The quantitative estimate of drug-likeness (QED) is 0.547. The zero-order valence-corrected chi connectivity index (χ0v) is 15.6. The Morgan fingerprint density at radius 1 is 1.11 bits per heavy atom. The Balaban J connectivity index is 1.72. The Morgan fingerprint density at radius 3 is 2.63 bits per heavy atom.